The lowest BCUT2D eigenvalue weighted by atomic mass is 10.0. The van der Waals surface area contributed by atoms with Crippen LogP contribution >= 0.6 is 0 Å². The summed E-state index contributed by atoms with van der Waals surface area (Å²) in [7, 11) is -3.57. The lowest BCUT2D eigenvalue weighted by Gasteiger charge is -2.32. The Bertz CT molecular complexity index is 1420. The summed E-state index contributed by atoms with van der Waals surface area (Å²) in [4.78, 5) is 29.1. The summed E-state index contributed by atoms with van der Waals surface area (Å²) in [5.41, 5.74) is 5.48. The molecule has 7 nitrogen and oxygen atoms in total. The highest BCUT2D eigenvalue weighted by Crippen LogP contribution is 2.26. The highest BCUT2D eigenvalue weighted by atomic mass is 32.2. The zero-order valence-electron chi connectivity index (χ0n) is 24.9. The quantitative estimate of drug-likeness (QED) is 0.281. The minimum atomic E-state index is -3.57. The summed E-state index contributed by atoms with van der Waals surface area (Å²) in [6.07, 6.45) is 2.78. The van der Waals surface area contributed by atoms with Crippen LogP contribution in [0.15, 0.2) is 72.8 Å². The van der Waals surface area contributed by atoms with Crippen molar-refractivity contribution in [1.82, 2.24) is 10.2 Å². The molecule has 0 aliphatic carbocycles. The van der Waals surface area contributed by atoms with Crippen molar-refractivity contribution in [3.63, 3.8) is 0 Å². The fourth-order valence-electron chi connectivity index (χ4n) is 4.92. The van der Waals surface area contributed by atoms with E-state index in [9.17, 15) is 18.0 Å². The minimum Gasteiger partial charge on any atom is -0.354 e. The van der Waals surface area contributed by atoms with Crippen LogP contribution in [-0.4, -0.2) is 50.5 Å². The van der Waals surface area contributed by atoms with Crippen LogP contribution in [0.4, 0.5) is 5.69 Å². The van der Waals surface area contributed by atoms with E-state index >= 15 is 0 Å². The molecule has 3 aromatic carbocycles. The molecule has 8 heteroatoms. The molecule has 41 heavy (non-hydrogen) atoms. The van der Waals surface area contributed by atoms with Gasteiger partial charge in [0.05, 0.1) is 11.9 Å². The lowest BCUT2D eigenvalue weighted by Crippen LogP contribution is -2.50. The Labute approximate surface area is 245 Å². The predicted molar refractivity (Wildman–Crippen MR) is 166 cm³/mol. The molecule has 0 bridgehead atoms. The maximum Gasteiger partial charge on any atom is 0.243 e. The Kier molecular flexibility index (Phi) is 11.5. The van der Waals surface area contributed by atoms with Gasteiger partial charge in [0.1, 0.15) is 6.04 Å². The van der Waals surface area contributed by atoms with Gasteiger partial charge in [0.2, 0.25) is 21.8 Å². The van der Waals surface area contributed by atoms with Crippen molar-refractivity contribution in [2.45, 2.75) is 66.0 Å². The molecule has 0 fully saturated rings. The fourth-order valence-corrected chi connectivity index (χ4v) is 5.93. The van der Waals surface area contributed by atoms with E-state index in [0.717, 1.165) is 34.2 Å². The normalized spacial score (nSPS) is 12.0. The van der Waals surface area contributed by atoms with Gasteiger partial charge >= 0.3 is 0 Å². The second-order valence-electron chi connectivity index (χ2n) is 10.7. The first kappa shape index (κ1) is 31.9. The number of hydrogen-bond donors (Lipinski definition) is 1. The summed E-state index contributed by atoms with van der Waals surface area (Å²) in [5.74, 6) is -0.377. The number of aryl methyl sites for hydroxylation is 2. The van der Waals surface area contributed by atoms with E-state index in [-0.39, 0.29) is 31.3 Å². The van der Waals surface area contributed by atoms with Crippen LogP contribution in [0.2, 0.25) is 0 Å². The summed E-state index contributed by atoms with van der Waals surface area (Å²) in [6.45, 7) is 8.81. The number of hydrogen-bond acceptors (Lipinski definition) is 4. The molecular weight excluding hydrogens is 534 g/mol. The third kappa shape index (κ3) is 9.18. The average Bonchev–Trinajstić information content (AvgIpc) is 2.93. The van der Waals surface area contributed by atoms with Crippen LogP contribution in [0.3, 0.4) is 0 Å². The van der Waals surface area contributed by atoms with Crippen molar-refractivity contribution in [2.24, 2.45) is 0 Å². The van der Waals surface area contributed by atoms with Gasteiger partial charge in [0.15, 0.2) is 0 Å². The average molecular weight is 578 g/mol. The molecule has 0 saturated carbocycles. The number of carbonyl (C=O) groups is 2. The van der Waals surface area contributed by atoms with E-state index in [1.54, 1.807) is 11.0 Å². The van der Waals surface area contributed by atoms with Crippen molar-refractivity contribution >= 4 is 27.5 Å². The van der Waals surface area contributed by atoms with Crippen molar-refractivity contribution in [1.29, 1.82) is 0 Å². The molecule has 0 aliphatic rings. The minimum absolute atomic E-state index is 0.106. The lowest BCUT2D eigenvalue weighted by molar-refractivity contribution is -0.141. The summed E-state index contributed by atoms with van der Waals surface area (Å²) >= 11 is 0. The number of sulfonamides is 1. The molecule has 220 valence electrons. The smallest absolute Gasteiger partial charge is 0.243 e. The van der Waals surface area contributed by atoms with Crippen LogP contribution in [0.25, 0.3) is 0 Å². The molecule has 0 spiro atoms. The molecular formula is C33H43N3O4S. The molecule has 3 rings (SSSR count). The molecule has 2 amide bonds. The Morgan fingerprint density at radius 2 is 1.59 bits per heavy atom. The topological polar surface area (TPSA) is 86.8 Å². The molecule has 1 N–H and O–H groups in total. The van der Waals surface area contributed by atoms with E-state index in [1.165, 1.54) is 10.6 Å². The largest absolute Gasteiger partial charge is 0.354 e. The molecule has 0 aliphatic heterocycles. The zero-order valence-corrected chi connectivity index (χ0v) is 25.7. The number of amides is 2. The molecule has 0 aromatic heterocycles. The molecule has 0 unspecified atom stereocenters. The Morgan fingerprint density at radius 3 is 2.24 bits per heavy atom. The van der Waals surface area contributed by atoms with Crippen LogP contribution < -0.4 is 9.62 Å². The van der Waals surface area contributed by atoms with Crippen molar-refractivity contribution < 1.29 is 18.0 Å². The van der Waals surface area contributed by atoms with Gasteiger partial charge in [0.25, 0.3) is 0 Å². The summed E-state index contributed by atoms with van der Waals surface area (Å²) < 4.78 is 26.9. The van der Waals surface area contributed by atoms with Gasteiger partial charge in [-0.3, -0.25) is 13.9 Å². The van der Waals surface area contributed by atoms with Crippen molar-refractivity contribution in [3.05, 3.63) is 101 Å². The number of benzene rings is 3. The molecule has 0 heterocycles. The molecule has 0 radical (unpaired) electrons. The van der Waals surface area contributed by atoms with Gasteiger partial charge in [-0.25, -0.2) is 8.42 Å². The van der Waals surface area contributed by atoms with Gasteiger partial charge in [-0.15, -0.1) is 0 Å². The molecule has 0 saturated heterocycles. The number of rotatable bonds is 14. The van der Waals surface area contributed by atoms with Gasteiger partial charge in [-0.05, 0) is 61.9 Å². The van der Waals surface area contributed by atoms with Gasteiger partial charge in [0, 0.05) is 32.5 Å². The Balaban J connectivity index is 1.89. The second-order valence-corrected chi connectivity index (χ2v) is 12.6. The summed E-state index contributed by atoms with van der Waals surface area (Å²) in [5, 5.41) is 2.99. The SMILES string of the molecule is CCCNC(=O)[C@H](Cc1ccccc1)N(Cc1cccc(C)c1)C(=O)CCCN(c1cccc(C)c1C)S(C)(=O)=O. The fraction of sp³-hybridized carbons (Fsp3) is 0.394. The highest BCUT2D eigenvalue weighted by Gasteiger charge is 2.30. The van der Waals surface area contributed by atoms with Crippen LogP contribution in [0.1, 0.15) is 54.0 Å². The summed E-state index contributed by atoms with van der Waals surface area (Å²) in [6, 6.07) is 22.5. The monoisotopic (exact) mass is 577 g/mol. The number of nitrogens with zero attached hydrogens (tertiary/aromatic N) is 2. The van der Waals surface area contributed by atoms with Crippen LogP contribution in [0, 0.1) is 20.8 Å². The first-order chi connectivity index (χ1) is 19.5. The van der Waals surface area contributed by atoms with E-state index in [4.69, 9.17) is 0 Å². The van der Waals surface area contributed by atoms with Gasteiger partial charge in [-0.2, -0.15) is 0 Å². The van der Waals surface area contributed by atoms with Crippen molar-refractivity contribution in [3.8, 4) is 0 Å². The Hall–Kier alpha value is -3.65. The van der Waals surface area contributed by atoms with Crippen LogP contribution in [0.5, 0.6) is 0 Å². The van der Waals surface area contributed by atoms with Gasteiger partial charge < -0.3 is 10.2 Å². The third-order valence-electron chi connectivity index (χ3n) is 7.25. The molecule has 3 aromatic rings. The molecule has 1 atom stereocenters. The first-order valence-electron chi connectivity index (χ1n) is 14.2. The number of carbonyl (C=O) groups excluding carboxylic acids is 2. The van der Waals surface area contributed by atoms with E-state index in [0.29, 0.717) is 25.1 Å². The third-order valence-corrected chi connectivity index (χ3v) is 8.43. The number of nitrogens with one attached hydrogen (secondary N) is 1. The van der Waals surface area contributed by atoms with Gasteiger partial charge in [-0.1, -0.05) is 79.2 Å². The van der Waals surface area contributed by atoms with E-state index in [2.05, 4.69) is 5.32 Å². The standard InChI is InChI=1S/C33H43N3O4S/c1-6-20-34-33(38)31(23-28-15-8-7-9-16-28)35(24-29-17-10-13-25(2)22-29)32(37)19-12-21-36(41(5,39)40)30-18-11-14-26(3)27(30)4/h7-11,13-18,22,31H,6,12,19-21,23-24H2,1-5H3,(H,34,38)/t31-/m0/s1. The highest BCUT2D eigenvalue weighted by molar-refractivity contribution is 7.92. The van der Waals surface area contributed by atoms with Crippen LogP contribution in [-0.2, 0) is 32.6 Å². The Morgan fingerprint density at radius 1 is 0.902 bits per heavy atom. The second kappa shape index (κ2) is 14.8. The zero-order chi connectivity index (χ0) is 30.0. The van der Waals surface area contributed by atoms with E-state index < -0.39 is 16.1 Å². The van der Waals surface area contributed by atoms with E-state index in [1.807, 2.05) is 94.4 Å². The maximum atomic E-state index is 13.9. The number of anilines is 1. The van der Waals surface area contributed by atoms with Crippen molar-refractivity contribution in [2.75, 3.05) is 23.7 Å². The first-order valence-corrected chi connectivity index (χ1v) is 16.1. The predicted octanol–water partition coefficient (Wildman–Crippen LogP) is 5.32. The maximum absolute atomic E-state index is 13.9.